The average molecular weight is 238 g/mol. The number of nitrogens with one attached hydrogen (secondary N) is 1. The normalized spacial score (nSPS) is 11.4. The number of nitrogens with zero attached hydrogens (tertiary/aromatic N) is 1. The molecule has 0 atom stereocenters. The maximum atomic E-state index is 13.9. The predicted molar refractivity (Wildman–Crippen MR) is 55.0 cm³/mol. The fourth-order valence-electron chi connectivity index (χ4n) is 1.40. The molecule has 0 amide bonds. The first kappa shape index (κ1) is 11.3. The van der Waals surface area contributed by atoms with Gasteiger partial charge in [-0.1, -0.05) is 30.3 Å². The number of hydrogen-bond donors (Lipinski definition) is 2. The van der Waals surface area contributed by atoms with Crippen molar-refractivity contribution in [1.82, 2.24) is 10.2 Å². The quantitative estimate of drug-likeness (QED) is 0.861. The van der Waals surface area contributed by atoms with Gasteiger partial charge in [-0.3, -0.25) is 5.10 Å². The molecule has 2 N–H and O–H groups in total. The molecule has 0 spiro atoms. The fourth-order valence-corrected chi connectivity index (χ4v) is 1.40. The molecule has 0 saturated carbocycles. The molecular weight excluding hydrogens is 230 g/mol. The van der Waals surface area contributed by atoms with Crippen LogP contribution in [0.25, 0.3) is 0 Å². The number of hydrogen-bond acceptors (Lipinski definition) is 2. The number of carboxylic acids is 1. The number of rotatable bonds is 3. The summed E-state index contributed by atoms with van der Waals surface area (Å²) >= 11 is 0. The van der Waals surface area contributed by atoms with E-state index in [1.54, 1.807) is 6.07 Å². The van der Waals surface area contributed by atoms with Crippen LogP contribution < -0.4 is 0 Å². The second-order valence-corrected chi connectivity index (χ2v) is 3.41. The van der Waals surface area contributed by atoms with Crippen LogP contribution in [0.1, 0.15) is 21.7 Å². The Labute approximate surface area is 94.9 Å². The monoisotopic (exact) mass is 238 g/mol. The van der Waals surface area contributed by atoms with Gasteiger partial charge in [-0.15, -0.1) is 0 Å². The molecule has 0 fully saturated rings. The van der Waals surface area contributed by atoms with Crippen molar-refractivity contribution < 1.29 is 18.7 Å². The lowest BCUT2D eigenvalue weighted by atomic mass is 10.1. The molecule has 4 nitrogen and oxygen atoms in total. The maximum Gasteiger partial charge on any atom is 0.356 e. The topological polar surface area (TPSA) is 66.0 Å². The van der Waals surface area contributed by atoms with Crippen LogP contribution in [0.15, 0.2) is 36.4 Å². The molecule has 17 heavy (non-hydrogen) atoms. The van der Waals surface area contributed by atoms with E-state index in [-0.39, 0.29) is 5.56 Å². The summed E-state index contributed by atoms with van der Waals surface area (Å²) in [5.74, 6) is -4.64. The molecule has 6 heteroatoms. The van der Waals surface area contributed by atoms with Gasteiger partial charge in [0.05, 0.1) is 0 Å². The third-order valence-electron chi connectivity index (χ3n) is 2.27. The minimum atomic E-state index is -3.29. The van der Waals surface area contributed by atoms with Crippen LogP contribution in [0.5, 0.6) is 0 Å². The molecule has 0 aliphatic rings. The molecule has 1 heterocycles. The fraction of sp³-hybridized carbons (Fsp3) is 0.0909. The lowest BCUT2D eigenvalue weighted by Gasteiger charge is -2.14. The van der Waals surface area contributed by atoms with Crippen LogP contribution >= 0.6 is 0 Å². The molecule has 1 aromatic heterocycles. The first-order valence-electron chi connectivity index (χ1n) is 4.74. The minimum absolute atomic E-state index is 0.222. The van der Waals surface area contributed by atoms with Crippen molar-refractivity contribution in [3.05, 3.63) is 53.3 Å². The lowest BCUT2D eigenvalue weighted by molar-refractivity contribution is 0.0379. The largest absolute Gasteiger partial charge is 0.476 e. The summed E-state index contributed by atoms with van der Waals surface area (Å²) in [7, 11) is 0. The van der Waals surface area contributed by atoms with E-state index in [1.165, 1.54) is 24.3 Å². The predicted octanol–water partition coefficient (Wildman–Crippen LogP) is 2.25. The summed E-state index contributed by atoms with van der Waals surface area (Å²) < 4.78 is 27.8. The number of aromatic amines is 1. The highest BCUT2D eigenvalue weighted by molar-refractivity contribution is 5.85. The second kappa shape index (κ2) is 3.97. The summed E-state index contributed by atoms with van der Waals surface area (Å²) in [6.07, 6.45) is 0. The van der Waals surface area contributed by atoms with Gasteiger partial charge in [0.2, 0.25) is 0 Å². The molecule has 0 unspecified atom stereocenters. The van der Waals surface area contributed by atoms with Crippen LogP contribution in [0.2, 0.25) is 0 Å². The summed E-state index contributed by atoms with van der Waals surface area (Å²) in [5, 5.41) is 14.0. The molecule has 1 aromatic carbocycles. The molecule has 2 aromatic rings. The van der Waals surface area contributed by atoms with Crippen molar-refractivity contribution in [2.24, 2.45) is 0 Å². The van der Waals surface area contributed by atoms with Gasteiger partial charge < -0.3 is 5.11 Å². The van der Waals surface area contributed by atoms with Gasteiger partial charge in [0.1, 0.15) is 5.69 Å². The van der Waals surface area contributed by atoms with Gasteiger partial charge in [-0.2, -0.15) is 13.9 Å². The zero-order valence-corrected chi connectivity index (χ0v) is 8.52. The third-order valence-corrected chi connectivity index (χ3v) is 2.27. The Balaban J connectivity index is 2.41. The van der Waals surface area contributed by atoms with Crippen LogP contribution in [0.3, 0.4) is 0 Å². The van der Waals surface area contributed by atoms with E-state index in [4.69, 9.17) is 5.11 Å². The van der Waals surface area contributed by atoms with E-state index in [2.05, 4.69) is 5.10 Å². The van der Waals surface area contributed by atoms with Gasteiger partial charge in [0.25, 0.3) is 0 Å². The van der Waals surface area contributed by atoms with Crippen LogP contribution in [-0.2, 0) is 5.92 Å². The Morgan fingerprint density at radius 2 is 1.94 bits per heavy atom. The molecule has 0 aliphatic carbocycles. The van der Waals surface area contributed by atoms with Crippen LogP contribution in [0.4, 0.5) is 8.78 Å². The Morgan fingerprint density at radius 1 is 1.29 bits per heavy atom. The van der Waals surface area contributed by atoms with Gasteiger partial charge in [-0.25, -0.2) is 4.79 Å². The Kier molecular flexibility index (Phi) is 2.63. The molecule has 0 radical (unpaired) electrons. The van der Waals surface area contributed by atoms with Crippen LogP contribution in [0, 0.1) is 0 Å². The Morgan fingerprint density at radius 3 is 2.47 bits per heavy atom. The van der Waals surface area contributed by atoms with Gasteiger partial charge in [0.15, 0.2) is 5.69 Å². The first-order chi connectivity index (χ1) is 8.01. The number of H-pyrrole nitrogens is 1. The Bertz CT molecular complexity index is 537. The first-order valence-corrected chi connectivity index (χ1v) is 4.74. The van der Waals surface area contributed by atoms with Crippen molar-refractivity contribution in [2.75, 3.05) is 0 Å². The van der Waals surface area contributed by atoms with Crippen molar-refractivity contribution in [2.45, 2.75) is 5.92 Å². The Hall–Kier alpha value is -2.24. The summed E-state index contributed by atoms with van der Waals surface area (Å²) in [5.41, 5.74) is -1.20. The van der Waals surface area contributed by atoms with E-state index in [0.717, 1.165) is 6.07 Å². The molecule has 0 aliphatic heterocycles. The summed E-state index contributed by atoms with van der Waals surface area (Å²) in [6.45, 7) is 0. The number of halogens is 2. The third kappa shape index (κ3) is 2.01. The van der Waals surface area contributed by atoms with Crippen molar-refractivity contribution in [3.8, 4) is 0 Å². The van der Waals surface area contributed by atoms with Gasteiger partial charge in [0, 0.05) is 11.6 Å². The molecular formula is C11H8F2N2O2. The summed E-state index contributed by atoms with van der Waals surface area (Å²) in [4.78, 5) is 10.6. The maximum absolute atomic E-state index is 13.9. The minimum Gasteiger partial charge on any atom is -0.476 e. The van der Waals surface area contributed by atoms with E-state index < -0.39 is 23.3 Å². The number of alkyl halides is 2. The SMILES string of the molecule is O=C(O)c1cc(C(F)(F)c2ccccc2)[nH]n1. The van der Waals surface area contributed by atoms with E-state index in [1.807, 2.05) is 5.10 Å². The molecule has 2 rings (SSSR count). The van der Waals surface area contributed by atoms with E-state index >= 15 is 0 Å². The number of aromatic carboxylic acids is 1. The molecule has 0 saturated heterocycles. The number of carbonyl (C=O) groups is 1. The standard InChI is InChI=1S/C11H8F2N2O2/c12-11(13,7-4-2-1-3-5-7)9-6-8(10(16)17)14-15-9/h1-6H,(H,14,15)(H,16,17). The van der Waals surface area contributed by atoms with Crippen molar-refractivity contribution >= 4 is 5.97 Å². The van der Waals surface area contributed by atoms with Crippen LogP contribution in [-0.4, -0.2) is 21.3 Å². The molecule has 0 bridgehead atoms. The smallest absolute Gasteiger partial charge is 0.356 e. The van der Waals surface area contributed by atoms with Gasteiger partial charge >= 0.3 is 11.9 Å². The molecule has 88 valence electrons. The lowest BCUT2D eigenvalue weighted by Crippen LogP contribution is -2.15. The number of aromatic nitrogens is 2. The number of benzene rings is 1. The van der Waals surface area contributed by atoms with E-state index in [9.17, 15) is 13.6 Å². The zero-order valence-electron chi connectivity index (χ0n) is 8.52. The highest BCUT2D eigenvalue weighted by atomic mass is 19.3. The summed E-state index contributed by atoms with van der Waals surface area (Å²) in [6, 6.07) is 7.95. The van der Waals surface area contributed by atoms with Crippen molar-refractivity contribution in [3.63, 3.8) is 0 Å². The number of carboxylic acid groups (broad SMARTS) is 1. The second-order valence-electron chi connectivity index (χ2n) is 3.41. The zero-order chi connectivity index (χ0) is 12.5. The average Bonchev–Trinajstić information content (AvgIpc) is 2.80. The van der Waals surface area contributed by atoms with Crippen molar-refractivity contribution in [1.29, 1.82) is 0 Å². The highest BCUT2D eigenvalue weighted by Crippen LogP contribution is 2.34. The highest BCUT2D eigenvalue weighted by Gasteiger charge is 2.36. The van der Waals surface area contributed by atoms with Gasteiger partial charge in [-0.05, 0) is 0 Å². The van der Waals surface area contributed by atoms with E-state index in [0.29, 0.717) is 0 Å².